The first kappa shape index (κ1) is 18.6. The van der Waals surface area contributed by atoms with Crippen LogP contribution in [0, 0.1) is 11.6 Å². The third-order valence-electron chi connectivity index (χ3n) is 3.90. The smallest absolute Gasteiger partial charge is 0.191 e. The maximum Gasteiger partial charge on any atom is 0.191 e. The molecule has 2 rings (SSSR count). The Balaban J connectivity index is 1.69. The van der Waals surface area contributed by atoms with Crippen LogP contribution in [0.3, 0.4) is 0 Å². The number of hydrogen-bond donors (Lipinski definition) is 2. The number of halogens is 2. The first-order chi connectivity index (χ1) is 11.7. The number of nitrogens with zero attached hydrogens (tertiary/aromatic N) is 1. The summed E-state index contributed by atoms with van der Waals surface area (Å²) in [4.78, 5) is 4.13. The molecule has 134 valence electrons. The largest absolute Gasteiger partial charge is 0.382 e. The van der Waals surface area contributed by atoms with Crippen LogP contribution in [0.4, 0.5) is 8.78 Å². The van der Waals surface area contributed by atoms with Crippen molar-refractivity contribution in [2.24, 2.45) is 4.99 Å². The second-order valence-corrected chi connectivity index (χ2v) is 5.69. The third kappa shape index (κ3) is 5.42. The molecule has 1 aliphatic carbocycles. The van der Waals surface area contributed by atoms with Crippen molar-refractivity contribution in [1.82, 2.24) is 10.6 Å². The molecule has 24 heavy (non-hydrogen) atoms. The lowest BCUT2D eigenvalue weighted by Crippen LogP contribution is -2.39. The van der Waals surface area contributed by atoms with Crippen molar-refractivity contribution < 1.29 is 18.3 Å². The van der Waals surface area contributed by atoms with Gasteiger partial charge in [-0.2, -0.15) is 0 Å². The van der Waals surface area contributed by atoms with Crippen LogP contribution in [-0.2, 0) is 9.47 Å². The molecule has 2 unspecified atom stereocenters. The summed E-state index contributed by atoms with van der Waals surface area (Å²) < 4.78 is 37.8. The van der Waals surface area contributed by atoms with Crippen molar-refractivity contribution in [1.29, 1.82) is 0 Å². The van der Waals surface area contributed by atoms with Gasteiger partial charge in [0.2, 0.25) is 0 Å². The summed E-state index contributed by atoms with van der Waals surface area (Å²) in [6.45, 7) is 2.52. The van der Waals surface area contributed by atoms with Crippen molar-refractivity contribution in [3.05, 3.63) is 35.4 Å². The molecule has 7 heteroatoms. The Hall–Kier alpha value is -1.73. The number of nitrogens with one attached hydrogen (secondary N) is 2. The molecule has 5 nitrogen and oxygen atoms in total. The van der Waals surface area contributed by atoms with Crippen molar-refractivity contribution in [3.8, 4) is 0 Å². The van der Waals surface area contributed by atoms with E-state index in [9.17, 15) is 8.78 Å². The number of hydrogen-bond acceptors (Lipinski definition) is 3. The molecule has 2 atom stereocenters. The third-order valence-corrected chi connectivity index (χ3v) is 3.90. The summed E-state index contributed by atoms with van der Waals surface area (Å²) in [5.74, 6) is -0.487. The van der Waals surface area contributed by atoms with Crippen LogP contribution in [-0.4, -0.2) is 52.5 Å². The molecule has 0 spiro atoms. The monoisotopic (exact) mass is 341 g/mol. The Kier molecular flexibility index (Phi) is 7.39. The molecule has 1 aromatic rings. The summed E-state index contributed by atoms with van der Waals surface area (Å²) in [6.07, 6.45) is 1.53. The number of methoxy groups -OCH3 is 1. The first-order valence-corrected chi connectivity index (χ1v) is 8.15. The summed E-state index contributed by atoms with van der Waals surface area (Å²) in [7, 11) is 3.31. The molecule has 2 N–H and O–H groups in total. The van der Waals surface area contributed by atoms with Crippen LogP contribution in [0.15, 0.2) is 23.2 Å². The lowest BCUT2D eigenvalue weighted by molar-refractivity contribution is 0.0698. The van der Waals surface area contributed by atoms with E-state index in [4.69, 9.17) is 9.47 Å². The topological polar surface area (TPSA) is 54.9 Å². The fourth-order valence-electron chi connectivity index (χ4n) is 2.53. The summed E-state index contributed by atoms with van der Waals surface area (Å²) in [6, 6.07) is 3.98. The van der Waals surface area contributed by atoms with Crippen molar-refractivity contribution in [2.75, 3.05) is 40.5 Å². The highest BCUT2D eigenvalue weighted by atomic mass is 19.1. The molecule has 0 radical (unpaired) electrons. The Morgan fingerprint density at radius 3 is 2.67 bits per heavy atom. The van der Waals surface area contributed by atoms with E-state index < -0.39 is 11.6 Å². The van der Waals surface area contributed by atoms with E-state index in [1.54, 1.807) is 14.2 Å². The van der Waals surface area contributed by atoms with E-state index in [0.29, 0.717) is 38.7 Å². The summed E-state index contributed by atoms with van der Waals surface area (Å²) in [5.41, 5.74) is 0.164. The van der Waals surface area contributed by atoms with E-state index in [0.717, 1.165) is 6.42 Å². The predicted molar refractivity (Wildman–Crippen MR) is 89.3 cm³/mol. The average molecular weight is 341 g/mol. The quantitative estimate of drug-likeness (QED) is 0.410. The van der Waals surface area contributed by atoms with Gasteiger partial charge >= 0.3 is 0 Å². The van der Waals surface area contributed by atoms with Crippen LogP contribution < -0.4 is 10.6 Å². The lowest BCUT2D eigenvalue weighted by atomic mass is 10.1. The molecule has 0 amide bonds. The normalized spacial score (nSPS) is 20.1. The van der Waals surface area contributed by atoms with E-state index in [1.165, 1.54) is 18.2 Å². The van der Waals surface area contributed by atoms with Crippen LogP contribution in [0.1, 0.15) is 24.3 Å². The molecule has 1 aromatic carbocycles. The molecule has 0 aromatic heterocycles. The molecule has 0 aliphatic heterocycles. The Bertz CT molecular complexity index is 534. The lowest BCUT2D eigenvalue weighted by Gasteiger charge is -2.12. The SMILES string of the molecule is CN=C(NCCCOCCOC)NC1CC1c1c(F)cccc1F. The summed E-state index contributed by atoms with van der Waals surface area (Å²) in [5, 5.41) is 6.37. The van der Waals surface area contributed by atoms with Crippen LogP contribution in [0.25, 0.3) is 0 Å². The van der Waals surface area contributed by atoms with E-state index in [-0.39, 0.29) is 17.5 Å². The number of ether oxygens (including phenoxy) is 2. The molecule has 1 aliphatic rings. The second-order valence-electron chi connectivity index (χ2n) is 5.69. The van der Waals surface area contributed by atoms with Crippen LogP contribution in [0.2, 0.25) is 0 Å². The van der Waals surface area contributed by atoms with Gasteiger partial charge in [-0.3, -0.25) is 4.99 Å². The molecular formula is C17H25F2N3O2. The van der Waals surface area contributed by atoms with Gasteiger partial charge in [0.15, 0.2) is 5.96 Å². The Morgan fingerprint density at radius 1 is 1.25 bits per heavy atom. The number of aliphatic imine (C=N–C) groups is 1. The van der Waals surface area contributed by atoms with Gasteiger partial charge in [0.25, 0.3) is 0 Å². The zero-order valence-electron chi connectivity index (χ0n) is 14.1. The van der Waals surface area contributed by atoms with Crippen molar-refractivity contribution in [2.45, 2.75) is 24.8 Å². The fraction of sp³-hybridized carbons (Fsp3) is 0.588. The highest BCUT2D eigenvalue weighted by Crippen LogP contribution is 2.42. The Morgan fingerprint density at radius 2 is 2.00 bits per heavy atom. The molecular weight excluding hydrogens is 316 g/mol. The number of guanidine groups is 1. The minimum Gasteiger partial charge on any atom is -0.382 e. The number of benzene rings is 1. The minimum absolute atomic E-state index is 0.000512. The van der Waals surface area contributed by atoms with Gasteiger partial charge < -0.3 is 20.1 Å². The molecule has 0 heterocycles. The maximum atomic E-state index is 13.8. The maximum absolute atomic E-state index is 13.8. The van der Waals surface area contributed by atoms with Gasteiger partial charge in [-0.1, -0.05) is 6.07 Å². The zero-order chi connectivity index (χ0) is 17.4. The van der Waals surface area contributed by atoms with Gasteiger partial charge in [0.05, 0.1) is 13.2 Å². The zero-order valence-corrected chi connectivity index (χ0v) is 14.1. The first-order valence-electron chi connectivity index (χ1n) is 8.15. The van der Waals surface area contributed by atoms with E-state index in [1.807, 2.05) is 0 Å². The molecule has 1 saturated carbocycles. The van der Waals surface area contributed by atoms with Gasteiger partial charge in [0, 0.05) is 44.8 Å². The van der Waals surface area contributed by atoms with Crippen molar-refractivity contribution in [3.63, 3.8) is 0 Å². The van der Waals surface area contributed by atoms with Gasteiger partial charge in [-0.05, 0) is 25.0 Å². The fourth-order valence-corrected chi connectivity index (χ4v) is 2.53. The average Bonchev–Trinajstić information content (AvgIpc) is 3.31. The molecule has 0 bridgehead atoms. The van der Waals surface area contributed by atoms with Crippen LogP contribution >= 0.6 is 0 Å². The second kappa shape index (κ2) is 9.54. The summed E-state index contributed by atoms with van der Waals surface area (Å²) >= 11 is 0. The number of rotatable bonds is 9. The molecule has 1 fully saturated rings. The Labute approximate surface area is 141 Å². The predicted octanol–water partition coefficient (Wildman–Crippen LogP) is 2.04. The minimum atomic E-state index is -0.486. The van der Waals surface area contributed by atoms with Crippen molar-refractivity contribution >= 4 is 5.96 Å². The van der Waals surface area contributed by atoms with E-state index in [2.05, 4.69) is 15.6 Å². The van der Waals surface area contributed by atoms with E-state index >= 15 is 0 Å². The van der Waals surface area contributed by atoms with Gasteiger partial charge in [0.1, 0.15) is 11.6 Å². The standard InChI is InChI=1S/C17H25F2N3O2/c1-20-17(21-7-4-8-24-10-9-23-2)22-15-11-12(15)16-13(18)5-3-6-14(16)19/h3,5-6,12,15H,4,7-11H2,1-2H3,(H2,20,21,22). The van der Waals surface area contributed by atoms with Gasteiger partial charge in [-0.25, -0.2) is 8.78 Å². The molecule has 0 saturated heterocycles. The highest BCUT2D eigenvalue weighted by Gasteiger charge is 2.42. The van der Waals surface area contributed by atoms with Crippen LogP contribution in [0.5, 0.6) is 0 Å². The van der Waals surface area contributed by atoms with Gasteiger partial charge in [-0.15, -0.1) is 0 Å². The highest BCUT2D eigenvalue weighted by molar-refractivity contribution is 5.80.